The Balaban J connectivity index is 2.11. The molecule has 1 aliphatic heterocycles. The van der Waals surface area contributed by atoms with Gasteiger partial charge in [-0.3, -0.25) is 4.79 Å². The molecule has 0 radical (unpaired) electrons. The molecule has 0 atom stereocenters. The minimum absolute atomic E-state index is 0.0474. The van der Waals surface area contributed by atoms with Gasteiger partial charge in [-0.15, -0.1) is 0 Å². The van der Waals surface area contributed by atoms with Crippen LogP contribution in [0, 0.1) is 0 Å². The molecule has 104 valence electrons. The number of rotatable bonds is 6. The maximum atomic E-state index is 12.4. The first-order valence-electron chi connectivity index (χ1n) is 6.30. The lowest BCUT2D eigenvalue weighted by atomic mass is 10.1. The van der Waals surface area contributed by atoms with Crippen LogP contribution in [0.25, 0.3) is 0 Å². The van der Waals surface area contributed by atoms with Gasteiger partial charge in [-0.25, -0.2) is 0 Å². The van der Waals surface area contributed by atoms with E-state index >= 15 is 0 Å². The second-order valence-corrected chi connectivity index (χ2v) is 5.24. The van der Waals surface area contributed by atoms with Crippen LogP contribution in [0.3, 0.4) is 0 Å². The number of hydrogen-bond donors (Lipinski definition) is 0. The summed E-state index contributed by atoms with van der Waals surface area (Å²) >= 11 is 3.38. The van der Waals surface area contributed by atoms with Crippen LogP contribution in [-0.2, 0) is 22.7 Å². The number of methoxy groups -OCH3 is 1. The van der Waals surface area contributed by atoms with Crippen LogP contribution in [0.5, 0.6) is 0 Å². The molecule has 0 fully saturated rings. The summed E-state index contributed by atoms with van der Waals surface area (Å²) in [5, 5.41) is 0.760. The Morgan fingerprint density at radius 3 is 2.89 bits per heavy atom. The fraction of sp³-hybridized carbons (Fsp3) is 0.500. The fourth-order valence-corrected chi connectivity index (χ4v) is 2.53. The van der Waals surface area contributed by atoms with Gasteiger partial charge in [0.25, 0.3) is 5.91 Å². The zero-order chi connectivity index (χ0) is 13.7. The van der Waals surface area contributed by atoms with Gasteiger partial charge in [0.2, 0.25) is 0 Å². The van der Waals surface area contributed by atoms with E-state index in [1.165, 1.54) is 5.56 Å². The van der Waals surface area contributed by atoms with Crippen LogP contribution in [0.15, 0.2) is 18.2 Å². The van der Waals surface area contributed by atoms with E-state index in [1.807, 2.05) is 18.2 Å². The lowest BCUT2D eigenvalue weighted by Gasteiger charge is -2.21. The van der Waals surface area contributed by atoms with E-state index in [9.17, 15) is 4.79 Å². The average molecular weight is 328 g/mol. The Labute approximate surface area is 121 Å². The molecule has 5 heteroatoms. The smallest absolute Gasteiger partial charge is 0.253 e. The third kappa shape index (κ3) is 3.55. The average Bonchev–Trinajstić information content (AvgIpc) is 2.90. The lowest BCUT2D eigenvalue weighted by molar-refractivity contribution is 0.0708. The minimum atomic E-state index is 0.0474. The van der Waals surface area contributed by atoms with Crippen LogP contribution < -0.4 is 0 Å². The highest BCUT2D eigenvalue weighted by atomic mass is 79.9. The number of hydrogen-bond acceptors (Lipinski definition) is 3. The summed E-state index contributed by atoms with van der Waals surface area (Å²) in [6.45, 7) is 3.09. The Morgan fingerprint density at radius 1 is 1.37 bits per heavy atom. The topological polar surface area (TPSA) is 38.8 Å². The van der Waals surface area contributed by atoms with E-state index in [0.717, 1.165) is 16.5 Å². The first-order chi connectivity index (χ1) is 9.26. The van der Waals surface area contributed by atoms with Gasteiger partial charge in [0.1, 0.15) is 0 Å². The largest absolute Gasteiger partial charge is 0.383 e. The molecule has 0 spiro atoms. The van der Waals surface area contributed by atoms with Crippen molar-refractivity contribution in [2.45, 2.75) is 13.2 Å². The predicted molar refractivity (Wildman–Crippen MR) is 76.5 cm³/mol. The normalized spacial score (nSPS) is 13.4. The molecule has 0 saturated heterocycles. The third-order valence-corrected chi connectivity index (χ3v) is 3.53. The SMILES string of the molecule is COCCN(CCBr)C(=O)c1ccc2c(c1)COC2. The number of alkyl halides is 1. The van der Waals surface area contributed by atoms with Crippen LogP contribution in [0.1, 0.15) is 21.5 Å². The zero-order valence-electron chi connectivity index (χ0n) is 11.0. The zero-order valence-corrected chi connectivity index (χ0v) is 12.6. The molecule has 0 bridgehead atoms. The van der Waals surface area contributed by atoms with Gasteiger partial charge >= 0.3 is 0 Å². The number of carbonyl (C=O) groups excluding carboxylic acids is 1. The second kappa shape index (κ2) is 7.03. The second-order valence-electron chi connectivity index (χ2n) is 4.45. The van der Waals surface area contributed by atoms with Gasteiger partial charge in [0, 0.05) is 31.1 Å². The molecule has 0 aromatic heterocycles. The highest BCUT2D eigenvalue weighted by Gasteiger charge is 2.18. The van der Waals surface area contributed by atoms with E-state index in [1.54, 1.807) is 12.0 Å². The van der Waals surface area contributed by atoms with Crippen molar-refractivity contribution in [3.05, 3.63) is 34.9 Å². The minimum Gasteiger partial charge on any atom is -0.383 e. The van der Waals surface area contributed by atoms with Gasteiger partial charge in [0.15, 0.2) is 0 Å². The van der Waals surface area contributed by atoms with Crippen LogP contribution in [0.4, 0.5) is 0 Å². The van der Waals surface area contributed by atoms with Crippen molar-refractivity contribution in [3.8, 4) is 0 Å². The molecule has 2 rings (SSSR count). The summed E-state index contributed by atoms with van der Waals surface area (Å²) in [5.41, 5.74) is 3.03. The molecule has 0 unspecified atom stereocenters. The Hall–Kier alpha value is -0.910. The molecule has 4 nitrogen and oxygen atoms in total. The molecule has 1 heterocycles. The molecule has 19 heavy (non-hydrogen) atoms. The molecule has 1 aliphatic rings. The summed E-state index contributed by atoms with van der Waals surface area (Å²) in [6, 6.07) is 5.81. The van der Waals surface area contributed by atoms with Crippen molar-refractivity contribution in [3.63, 3.8) is 0 Å². The lowest BCUT2D eigenvalue weighted by Crippen LogP contribution is -2.35. The quantitative estimate of drug-likeness (QED) is 0.752. The van der Waals surface area contributed by atoms with E-state index in [2.05, 4.69) is 15.9 Å². The fourth-order valence-electron chi connectivity index (χ4n) is 2.11. The number of nitrogens with zero attached hydrogens (tertiary/aromatic N) is 1. The number of ether oxygens (including phenoxy) is 2. The Kier molecular flexibility index (Phi) is 5.36. The van der Waals surface area contributed by atoms with Gasteiger partial charge in [-0.1, -0.05) is 22.0 Å². The number of carbonyl (C=O) groups is 1. The van der Waals surface area contributed by atoms with Gasteiger partial charge < -0.3 is 14.4 Å². The summed E-state index contributed by atoms with van der Waals surface area (Å²) < 4.78 is 10.4. The highest BCUT2D eigenvalue weighted by Crippen LogP contribution is 2.21. The van der Waals surface area contributed by atoms with E-state index in [4.69, 9.17) is 9.47 Å². The Morgan fingerprint density at radius 2 is 2.16 bits per heavy atom. The number of halogens is 1. The van der Waals surface area contributed by atoms with Gasteiger partial charge in [-0.2, -0.15) is 0 Å². The summed E-state index contributed by atoms with van der Waals surface area (Å²) in [5.74, 6) is 0.0474. The summed E-state index contributed by atoms with van der Waals surface area (Å²) in [4.78, 5) is 14.3. The van der Waals surface area contributed by atoms with Crippen molar-refractivity contribution in [2.24, 2.45) is 0 Å². The maximum absolute atomic E-state index is 12.4. The summed E-state index contributed by atoms with van der Waals surface area (Å²) in [6.07, 6.45) is 0. The van der Waals surface area contributed by atoms with Gasteiger partial charge in [-0.05, 0) is 23.3 Å². The van der Waals surface area contributed by atoms with Crippen molar-refractivity contribution in [2.75, 3.05) is 32.1 Å². The summed E-state index contributed by atoms with van der Waals surface area (Å²) in [7, 11) is 1.64. The van der Waals surface area contributed by atoms with E-state index in [-0.39, 0.29) is 5.91 Å². The van der Waals surface area contributed by atoms with Crippen LogP contribution in [-0.4, -0.2) is 42.9 Å². The number of amides is 1. The molecule has 0 saturated carbocycles. The molecular formula is C14H18BrNO3. The van der Waals surface area contributed by atoms with Crippen molar-refractivity contribution in [1.29, 1.82) is 0 Å². The third-order valence-electron chi connectivity index (χ3n) is 3.18. The Bertz CT molecular complexity index is 450. The van der Waals surface area contributed by atoms with Crippen LogP contribution >= 0.6 is 15.9 Å². The van der Waals surface area contributed by atoms with Crippen molar-refractivity contribution >= 4 is 21.8 Å². The molecule has 1 amide bonds. The molecule has 0 aliphatic carbocycles. The maximum Gasteiger partial charge on any atom is 0.253 e. The highest BCUT2D eigenvalue weighted by molar-refractivity contribution is 9.09. The monoisotopic (exact) mass is 327 g/mol. The molecule has 1 aromatic rings. The van der Waals surface area contributed by atoms with Crippen molar-refractivity contribution in [1.82, 2.24) is 4.90 Å². The standard InChI is InChI=1S/C14H18BrNO3/c1-18-7-6-16(5-4-15)14(17)11-2-3-12-9-19-10-13(12)8-11/h2-3,8H,4-7,9-10H2,1H3. The molecule has 0 N–H and O–H groups in total. The predicted octanol–water partition coefficient (Wildman–Crippen LogP) is 2.20. The first-order valence-corrected chi connectivity index (χ1v) is 7.42. The molecular weight excluding hydrogens is 310 g/mol. The van der Waals surface area contributed by atoms with Gasteiger partial charge in [0.05, 0.1) is 19.8 Å². The van der Waals surface area contributed by atoms with Crippen LogP contribution in [0.2, 0.25) is 0 Å². The first kappa shape index (κ1) is 14.5. The van der Waals surface area contributed by atoms with E-state index < -0.39 is 0 Å². The number of fused-ring (bicyclic) bond motifs is 1. The number of benzene rings is 1. The van der Waals surface area contributed by atoms with Crippen molar-refractivity contribution < 1.29 is 14.3 Å². The molecule has 1 aromatic carbocycles. The van der Waals surface area contributed by atoms with E-state index in [0.29, 0.717) is 32.9 Å².